The highest BCUT2D eigenvalue weighted by molar-refractivity contribution is 5.74. The number of hydrogen-bond acceptors (Lipinski definition) is 3. The van der Waals surface area contributed by atoms with Gasteiger partial charge in [0, 0.05) is 25.2 Å². The summed E-state index contributed by atoms with van der Waals surface area (Å²) in [6.07, 6.45) is 8.25. The lowest BCUT2D eigenvalue weighted by molar-refractivity contribution is 0.153. The quantitative estimate of drug-likeness (QED) is 0.701. The predicted molar refractivity (Wildman–Crippen MR) is 94.5 cm³/mol. The second kappa shape index (κ2) is 8.31. The van der Waals surface area contributed by atoms with E-state index in [-0.39, 0.29) is 24.7 Å². The summed E-state index contributed by atoms with van der Waals surface area (Å²) in [5.74, 6) is 0. The van der Waals surface area contributed by atoms with Crippen LogP contribution in [0.3, 0.4) is 0 Å². The first-order chi connectivity index (χ1) is 11.8. The van der Waals surface area contributed by atoms with Gasteiger partial charge in [-0.1, -0.05) is 36.4 Å². The molecule has 2 aliphatic rings. The van der Waals surface area contributed by atoms with E-state index in [9.17, 15) is 9.90 Å². The number of amides is 2. The van der Waals surface area contributed by atoms with E-state index in [2.05, 4.69) is 39.8 Å². The molecule has 1 aromatic carbocycles. The van der Waals surface area contributed by atoms with Crippen molar-refractivity contribution in [1.29, 1.82) is 0 Å². The zero-order valence-electron chi connectivity index (χ0n) is 14.1. The van der Waals surface area contributed by atoms with Gasteiger partial charge in [-0.2, -0.15) is 0 Å². The third-order valence-electron chi connectivity index (χ3n) is 4.98. The highest BCUT2D eigenvalue weighted by Crippen LogP contribution is 2.21. The number of likely N-dealkylation sites (tertiary alicyclic amines) is 1. The Hall–Kier alpha value is -1.85. The molecule has 3 N–H and O–H groups in total. The Labute approximate surface area is 143 Å². The van der Waals surface area contributed by atoms with Gasteiger partial charge < -0.3 is 15.7 Å². The molecule has 0 spiro atoms. The smallest absolute Gasteiger partial charge is 0.315 e. The summed E-state index contributed by atoms with van der Waals surface area (Å²) < 4.78 is 0. The minimum Gasteiger partial charge on any atom is -0.395 e. The molecule has 0 aromatic heterocycles. The highest BCUT2D eigenvalue weighted by atomic mass is 16.3. The van der Waals surface area contributed by atoms with Gasteiger partial charge in [0.25, 0.3) is 0 Å². The van der Waals surface area contributed by atoms with Crippen molar-refractivity contribution in [1.82, 2.24) is 15.5 Å². The number of carbonyl (C=O) groups is 1. The van der Waals surface area contributed by atoms with Crippen molar-refractivity contribution in [2.75, 3.05) is 13.2 Å². The van der Waals surface area contributed by atoms with Gasteiger partial charge >= 0.3 is 6.03 Å². The van der Waals surface area contributed by atoms with E-state index in [1.807, 2.05) is 12.1 Å². The van der Waals surface area contributed by atoms with Crippen LogP contribution < -0.4 is 10.6 Å². The van der Waals surface area contributed by atoms with Crippen LogP contribution in [0.4, 0.5) is 4.79 Å². The predicted octanol–water partition coefficient (Wildman–Crippen LogP) is 2.16. The van der Waals surface area contributed by atoms with Crippen LogP contribution in [0.2, 0.25) is 0 Å². The Morgan fingerprint density at radius 1 is 1.21 bits per heavy atom. The van der Waals surface area contributed by atoms with E-state index < -0.39 is 0 Å². The van der Waals surface area contributed by atoms with Gasteiger partial charge in [-0.25, -0.2) is 4.79 Å². The zero-order valence-corrected chi connectivity index (χ0v) is 14.1. The molecule has 24 heavy (non-hydrogen) atoms. The van der Waals surface area contributed by atoms with Gasteiger partial charge in [-0.3, -0.25) is 4.90 Å². The van der Waals surface area contributed by atoms with Crippen LogP contribution in [0, 0.1) is 0 Å². The van der Waals surface area contributed by atoms with E-state index in [1.54, 1.807) is 0 Å². The minimum atomic E-state index is -0.104. The van der Waals surface area contributed by atoms with Crippen molar-refractivity contribution in [3.8, 4) is 0 Å². The molecular weight excluding hydrogens is 302 g/mol. The van der Waals surface area contributed by atoms with Gasteiger partial charge in [0.2, 0.25) is 0 Å². The standard InChI is InChI=1S/C19H27N3O2/c23-14-18-10-5-11-22(18)13-16-7-2-1-6-15(16)12-20-19(24)21-17-8-3-4-9-17/h1-4,6-7,17-18,23H,5,8-14H2,(H2,20,21,24). The van der Waals surface area contributed by atoms with E-state index in [0.717, 1.165) is 44.3 Å². The third kappa shape index (κ3) is 4.36. The molecule has 0 saturated carbocycles. The molecule has 2 amide bonds. The summed E-state index contributed by atoms with van der Waals surface area (Å²) in [7, 11) is 0. The first kappa shape index (κ1) is 17.0. The number of aliphatic hydroxyl groups is 1. The molecule has 5 nitrogen and oxygen atoms in total. The fourth-order valence-corrected chi connectivity index (χ4v) is 3.56. The zero-order chi connectivity index (χ0) is 16.8. The highest BCUT2D eigenvalue weighted by Gasteiger charge is 2.24. The molecule has 130 valence electrons. The Morgan fingerprint density at radius 3 is 2.71 bits per heavy atom. The number of nitrogens with zero attached hydrogens (tertiary/aromatic N) is 1. The molecule has 1 aliphatic heterocycles. The van der Waals surface area contributed by atoms with Gasteiger partial charge in [-0.05, 0) is 43.4 Å². The molecular formula is C19H27N3O2. The summed E-state index contributed by atoms with van der Waals surface area (Å²) >= 11 is 0. The molecule has 1 saturated heterocycles. The number of nitrogens with one attached hydrogen (secondary N) is 2. The third-order valence-corrected chi connectivity index (χ3v) is 4.98. The summed E-state index contributed by atoms with van der Waals surface area (Å²) in [6.45, 7) is 2.61. The minimum absolute atomic E-state index is 0.104. The molecule has 5 heteroatoms. The lowest BCUT2D eigenvalue weighted by Gasteiger charge is -2.24. The van der Waals surface area contributed by atoms with Crippen molar-refractivity contribution in [3.05, 3.63) is 47.5 Å². The van der Waals surface area contributed by atoms with Crippen LogP contribution in [0.1, 0.15) is 36.8 Å². The first-order valence-corrected chi connectivity index (χ1v) is 8.87. The van der Waals surface area contributed by atoms with Crippen LogP contribution in [0.15, 0.2) is 36.4 Å². The fourth-order valence-electron chi connectivity index (χ4n) is 3.56. The lowest BCUT2D eigenvalue weighted by atomic mass is 10.1. The van der Waals surface area contributed by atoms with Crippen LogP contribution in [0.5, 0.6) is 0 Å². The molecule has 1 fully saturated rings. The van der Waals surface area contributed by atoms with Crippen LogP contribution in [0.25, 0.3) is 0 Å². The van der Waals surface area contributed by atoms with E-state index in [1.165, 1.54) is 5.56 Å². The number of aliphatic hydroxyl groups excluding tert-OH is 1. The summed E-state index contributed by atoms with van der Waals surface area (Å²) in [5.41, 5.74) is 2.36. The first-order valence-electron chi connectivity index (χ1n) is 8.87. The largest absolute Gasteiger partial charge is 0.395 e. The molecule has 1 aromatic rings. The van der Waals surface area contributed by atoms with E-state index >= 15 is 0 Å². The monoisotopic (exact) mass is 329 g/mol. The number of urea groups is 1. The van der Waals surface area contributed by atoms with Crippen LogP contribution in [-0.2, 0) is 13.1 Å². The maximum Gasteiger partial charge on any atom is 0.315 e. The molecule has 1 atom stereocenters. The van der Waals surface area contributed by atoms with E-state index in [4.69, 9.17) is 0 Å². The molecule has 1 aliphatic carbocycles. The Balaban J connectivity index is 1.54. The summed E-state index contributed by atoms with van der Waals surface area (Å²) in [5, 5.41) is 15.5. The number of hydrogen-bond donors (Lipinski definition) is 3. The van der Waals surface area contributed by atoms with Crippen molar-refractivity contribution in [2.24, 2.45) is 0 Å². The normalized spacial score (nSPS) is 21.3. The number of carbonyl (C=O) groups excluding carboxylic acids is 1. The second-order valence-electron chi connectivity index (χ2n) is 6.68. The van der Waals surface area contributed by atoms with Crippen molar-refractivity contribution in [3.63, 3.8) is 0 Å². The van der Waals surface area contributed by atoms with Crippen LogP contribution in [-0.4, -0.2) is 41.3 Å². The van der Waals surface area contributed by atoms with Gasteiger partial charge in [0.15, 0.2) is 0 Å². The number of benzene rings is 1. The van der Waals surface area contributed by atoms with E-state index in [0.29, 0.717) is 6.54 Å². The molecule has 3 rings (SSSR count). The SMILES string of the molecule is O=C(NCc1ccccc1CN1CCCC1CO)NC1CC=CC1. The molecule has 0 radical (unpaired) electrons. The lowest BCUT2D eigenvalue weighted by Crippen LogP contribution is -2.40. The van der Waals surface area contributed by atoms with Crippen molar-refractivity contribution < 1.29 is 9.90 Å². The fraction of sp³-hybridized carbons (Fsp3) is 0.526. The topological polar surface area (TPSA) is 64.6 Å². The summed E-state index contributed by atoms with van der Waals surface area (Å²) in [6, 6.07) is 8.62. The van der Waals surface area contributed by atoms with Gasteiger partial charge in [0.05, 0.1) is 6.61 Å². The van der Waals surface area contributed by atoms with Crippen LogP contribution >= 0.6 is 0 Å². The van der Waals surface area contributed by atoms with Gasteiger partial charge in [-0.15, -0.1) is 0 Å². The van der Waals surface area contributed by atoms with Crippen molar-refractivity contribution >= 4 is 6.03 Å². The van der Waals surface area contributed by atoms with Crippen molar-refractivity contribution in [2.45, 2.75) is 50.9 Å². The Bertz CT molecular complexity index is 580. The second-order valence-corrected chi connectivity index (χ2v) is 6.68. The molecule has 0 bridgehead atoms. The Morgan fingerprint density at radius 2 is 1.96 bits per heavy atom. The summed E-state index contributed by atoms with van der Waals surface area (Å²) in [4.78, 5) is 14.4. The number of rotatable bonds is 6. The maximum absolute atomic E-state index is 12.0. The molecule has 1 unspecified atom stereocenters. The average molecular weight is 329 g/mol. The average Bonchev–Trinajstić information content (AvgIpc) is 3.25. The Kier molecular flexibility index (Phi) is 5.88. The maximum atomic E-state index is 12.0. The molecule has 1 heterocycles. The van der Waals surface area contributed by atoms with Gasteiger partial charge in [0.1, 0.15) is 0 Å².